The number of thioether (sulfide) groups is 1. The Morgan fingerprint density at radius 1 is 1.10 bits per heavy atom. The number of nitrogens with zero attached hydrogens (tertiary/aromatic N) is 1. The predicted octanol–water partition coefficient (Wildman–Crippen LogP) is 3.52. The first-order valence-corrected chi connectivity index (χ1v) is 9.62. The minimum absolute atomic E-state index is 0.0978. The zero-order valence-electron chi connectivity index (χ0n) is 16.6. The molecule has 10 heteroatoms. The smallest absolute Gasteiger partial charge is 0.336 e. The number of para-hydroxylation sites is 1. The van der Waals surface area contributed by atoms with Crippen molar-refractivity contribution in [1.82, 2.24) is 0 Å². The van der Waals surface area contributed by atoms with Gasteiger partial charge in [-0.1, -0.05) is 24.3 Å². The molecule has 2 atom stereocenters. The van der Waals surface area contributed by atoms with Gasteiger partial charge in [-0.05, 0) is 23.8 Å². The number of carbonyl (C=O) groups excluding carboxylic acids is 2. The van der Waals surface area contributed by atoms with E-state index in [2.05, 4.69) is 0 Å². The van der Waals surface area contributed by atoms with Gasteiger partial charge >= 0.3 is 11.9 Å². The lowest BCUT2D eigenvalue weighted by atomic mass is 10.1. The zero-order chi connectivity index (χ0) is 22.1. The highest BCUT2D eigenvalue weighted by molar-refractivity contribution is 7.99. The fourth-order valence-corrected chi connectivity index (χ4v) is 3.88. The van der Waals surface area contributed by atoms with Gasteiger partial charge in [0.05, 0.1) is 22.2 Å². The summed E-state index contributed by atoms with van der Waals surface area (Å²) in [6.07, 6.45) is -1.11. The number of hydrogen-bond donors (Lipinski definition) is 0. The second-order valence-electron chi connectivity index (χ2n) is 5.94. The minimum atomic E-state index is -1.11. The van der Waals surface area contributed by atoms with Crippen LogP contribution in [0.25, 0.3) is 0 Å². The fraction of sp³-hybridized carbons (Fsp3) is 0.300. The third-order valence-corrected chi connectivity index (χ3v) is 5.23. The van der Waals surface area contributed by atoms with E-state index >= 15 is 0 Å². The minimum Gasteiger partial charge on any atom is -0.467 e. The highest BCUT2D eigenvalue weighted by atomic mass is 32.2. The van der Waals surface area contributed by atoms with Crippen molar-refractivity contribution in [2.75, 3.05) is 21.0 Å². The molecule has 0 radical (unpaired) electrons. The molecule has 0 heterocycles. The average Bonchev–Trinajstić information content (AvgIpc) is 2.73. The van der Waals surface area contributed by atoms with Gasteiger partial charge in [0.15, 0.2) is 6.10 Å². The van der Waals surface area contributed by atoms with Crippen molar-refractivity contribution in [1.29, 1.82) is 0 Å². The van der Waals surface area contributed by atoms with Crippen LogP contribution in [0.4, 0.5) is 5.69 Å². The van der Waals surface area contributed by atoms with E-state index in [9.17, 15) is 19.7 Å². The van der Waals surface area contributed by atoms with E-state index in [1.807, 2.05) is 0 Å². The van der Waals surface area contributed by atoms with Crippen LogP contribution < -0.4 is 4.74 Å². The van der Waals surface area contributed by atoms with Crippen molar-refractivity contribution in [2.45, 2.75) is 23.2 Å². The normalized spacial score (nSPS) is 12.6. The molecule has 2 rings (SSSR count). The molecule has 0 aliphatic heterocycles. The van der Waals surface area contributed by atoms with Gasteiger partial charge in [-0.15, -0.1) is 11.8 Å². The van der Waals surface area contributed by atoms with Crippen molar-refractivity contribution in [3.05, 3.63) is 64.2 Å². The first kappa shape index (κ1) is 23.3. The van der Waals surface area contributed by atoms with Crippen LogP contribution in [0.15, 0.2) is 53.4 Å². The number of hydrogen-bond acceptors (Lipinski definition) is 9. The molecule has 0 saturated heterocycles. The summed E-state index contributed by atoms with van der Waals surface area (Å²) >= 11 is 1.09. The lowest BCUT2D eigenvalue weighted by molar-refractivity contribution is -0.387. The van der Waals surface area contributed by atoms with E-state index in [1.54, 1.807) is 42.5 Å². The second-order valence-corrected chi connectivity index (χ2v) is 7.13. The van der Waals surface area contributed by atoms with E-state index < -0.39 is 28.2 Å². The Morgan fingerprint density at radius 2 is 1.77 bits per heavy atom. The van der Waals surface area contributed by atoms with Crippen LogP contribution in [-0.2, 0) is 23.8 Å². The molecule has 0 spiro atoms. The molecule has 9 nitrogen and oxygen atoms in total. The second kappa shape index (κ2) is 11.3. The summed E-state index contributed by atoms with van der Waals surface area (Å²) in [6.45, 7) is 1.10. The van der Waals surface area contributed by atoms with Gasteiger partial charge in [0.1, 0.15) is 12.5 Å². The number of rotatable bonds is 10. The lowest BCUT2D eigenvalue weighted by Gasteiger charge is -2.25. The number of benzene rings is 2. The van der Waals surface area contributed by atoms with Gasteiger partial charge < -0.3 is 18.9 Å². The highest BCUT2D eigenvalue weighted by Gasteiger charge is 2.34. The Hall–Kier alpha value is -2.95. The summed E-state index contributed by atoms with van der Waals surface area (Å²) in [4.78, 5) is 34.9. The summed E-state index contributed by atoms with van der Waals surface area (Å²) < 4.78 is 20.4. The Bertz CT molecular complexity index is 887. The van der Waals surface area contributed by atoms with Gasteiger partial charge in [-0.3, -0.25) is 14.9 Å². The van der Waals surface area contributed by atoms with Crippen LogP contribution in [0.3, 0.4) is 0 Å². The van der Waals surface area contributed by atoms with Gasteiger partial charge in [0, 0.05) is 20.1 Å². The van der Waals surface area contributed by atoms with Crippen LogP contribution in [0.5, 0.6) is 5.75 Å². The van der Waals surface area contributed by atoms with Crippen LogP contribution in [0, 0.1) is 10.1 Å². The van der Waals surface area contributed by atoms with Crippen molar-refractivity contribution in [3.8, 4) is 5.75 Å². The number of nitro benzene ring substituents is 1. The molecular weight excluding hydrogens is 414 g/mol. The number of ether oxygens (including phenoxy) is 4. The maximum atomic E-state index is 12.4. The van der Waals surface area contributed by atoms with E-state index in [0.717, 1.165) is 11.8 Å². The first-order valence-electron chi connectivity index (χ1n) is 8.74. The van der Waals surface area contributed by atoms with Crippen LogP contribution >= 0.6 is 11.8 Å². The van der Waals surface area contributed by atoms with Crippen LogP contribution in [-0.4, -0.2) is 44.0 Å². The maximum absolute atomic E-state index is 12.4. The molecule has 0 unspecified atom stereocenters. The molecule has 2 aromatic rings. The van der Waals surface area contributed by atoms with Crippen molar-refractivity contribution >= 4 is 29.4 Å². The summed E-state index contributed by atoms with van der Waals surface area (Å²) in [7, 11) is 2.63. The molecule has 0 saturated carbocycles. The van der Waals surface area contributed by atoms with Crippen molar-refractivity contribution in [3.63, 3.8) is 0 Å². The van der Waals surface area contributed by atoms with E-state index in [1.165, 1.54) is 27.2 Å². The fourth-order valence-electron chi connectivity index (χ4n) is 2.58. The maximum Gasteiger partial charge on any atom is 0.336 e. The topological polar surface area (TPSA) is 114 Å². The quantitative estimate of drug-likeness (QED) is 0.138. The van der Waals surface area contributed by atoms with E-state index in [4.69, 9.17) is 18.9 Å². The monoisotopic (exact) mass is 435 g/mol. The molecule has 0 N–H and O–H groups in total. The molecule has 0 aliphatic rings. The van der Waals surface area contributed by atoms with Crippen molar-refractivity contribution in [2.24, 2.45) is 0 Å². The standard InChI is InChI=1S/C20H21NO8S/c1-13(22)29-15-10-8-14(9-11-15)19(18(20(23)27-3)28-12-26-2)30-17-7-5-4-6-16(17)21(24)25/h4-11,18-19H,12H2,1-3H3/t18-,19+/m1/s1. The molecule has 0 bridgehead atoms. The SMILES string of the molecule is COCO[C@@H](C(=O)OC)[C@@H](Sc1ccccc1[N+](=O)[O-])c1ccc(OC(C)=O)cc1. The Morgan fingerprint density at radius 3 is 2.33 bits per heavy atom. The summed E-state index contributed by atoms with van der Waals surface area (Å²) in [5, 5.41) is 10.7. The average molecular weight is 435 g/mol. The number of esters is 2. The summed E-state index contributed by atoms with van der Waals surface area (Å²) in [5.41, 5.74) is 0.514. The third kappa shape index (κ3) is 6.28. The van der Waals surface area contributed by atoms with Gasteiger partial charge in [-0.25, -0.2) is 4.79 Å². The zero-order valence-corrected chi connectivity index (χ0v) is 17.4. The molecule has 0 fully saturated rings. The van der Waals surface area contributed by atoms with Gasteiger partial charge in [0.25, 0.3) is 5.69 Å². The Labute approximate surface area is 177 Å². The molecular formula is C20H21NO8S. The molecule has 160 valence electrons. The number of nitro groups is 1. The molecule has 0 amide bonds. The van der Waals surface area contributed by atoms with E-state index in [0.29, 0.717) is 16.2 Å². The first-order chi connectivity index (χ1) is 14.4. The number of methoxy groups -OCH3 is 2. The largest absolute Gasteiger partial charge is 0.467 e. The number of carbonyl (C=O) groups is 2. The Kier molecular flexibility index (Phi) is 8.78. The van der Waals surface area contributed by atoms with Gasteiger partial charge in [0.2, 0.25) is 0 Å². The molecule has 0 aromatic heterocycles. The lowest BCUT2D eigenvalue weighted by Crippen LogP contribution is -2.31. The molecule has 30 heavy (non-hydrogen) atoms. The van der Waals surface area contributed by atoms with Gasteiger partial charge in [-0.2, -0.15) is 0 Å². The van der Waals surface area contributed by atoms with Crippen LogP contribution in [0.1, 0.15) is 17.7 Å². The van der Waals surface area contributed by atoms with Crippen LogP contribution in [0.2, 0.25) is 0 Å². The van der Waals surface area contributed by atoms with E-state index in [-0.39, 0.29) is 12.5 Å². The summed E-state index contributed by atoms with van der Waals surface area (Å²) in [6, 6.07) is 12.6. The predicted molar refractivity (Wildman–Crippen MR) is 108 cm³/mol. The molecule has 2 aromatic carbocycles. The third-order valence-electron chi connectivity index (χ3n) is 3.86. The molecule has 0 aliphatic carbocycles. The highest BCUT2D eigenvalue weighted by Crippen LogP contribution is 2.43. The van der Waals surface area contributed by atoms with Crippen molar-refractivity contribution < 1.29 is 33.5 Å². The summed E-state index contributed by atoms with van der Waals surface area (Å²) in [5.74, 6) is -0.801. The Balaban J connectivity index is 2.47.